The Kier molecular flexibility index (Phi) is 8.92. The second kappa shape index (κ2) is 12.9. The number of fused-ring (bicyclic) bond motifs is 1. The second-order valence-electron chi connectivity index (χ2n) is 9.56. The summed E-state index contributed by atoms with van der Waals surface area (Å²) in [5.74, 6) is 1.18. The van der Waals surface area contributed by atoms with Crippen molar-refractivity contribution in [2.24, 2.45) is 0 Å². The molecule has 1 aliphatic heterocycles. The van der Waals surface area contributed by atoms with Crippen molar-refractivity contribution in [3.63, 3.8) is 0 Å². The molecule has 11 nitrogen and oxygen atoms in total. The van der Waals surface area contributed by atoms with Crippen molar-refractivity contribution in [1.82, 2.24) is 14.9 Å². The maximum atomic E-state index is 12.7. The van der Waals surface area contributed by atoms with E-state index < -0.39 is 11.3 Å². The van der Waals surface area contributed by atoms with Crippen molar-refractivity contribution in [3.05, 3.63) is 66.7 Å². The summed E-state index contributed by atoms with van der Waals surface area (Å²) in [4.78, 5) is 24.2. The average molecular weight is 576 g/mol. The SMILES string of the molecule is COc1cc(Nc2nc3ccccc3nc2N(c2cccc(NC(=O)CN3CCCCC3)c2)S(=O)[O-])cc(OC)c1. The third-order valence-electron chi connectivity index (χ3n) is 6.69. The van der Waals surface area contributed by atoms with E-state index in [0.717, 1.165) is 30.2 Å². The molecule has 0 aliphatic carbocycles. The van der Waals surface area contributed by atoms with Gasteiger partial charge in [0.05, 0.1) is 48.8 Å². The molecule has 1 saturated heterocycles. The Labute approximate surface area is 240 Å². The molecule has 2 N–H and O–H groups in total. The number of nitrogens with zero attached hydrogens (tertiary/aromatic N) is 4. The molecule has 1 amide bonds. The summed E-state index contributed by atoms with van der Waals surface area (Å²) in [7, 11) is 3.08. The predicted octanol–water partition coefficient (Wildman–Crippen LogP) is 4.75. The summed E-state index contributed by atoms with van der Waals surface area (Å²) in [6.45, 7) is 2.08. The normalized spacial score (nSPS) is 14.3. The van der Waals surface area contributed by atoms with Gasteiger partial charge in [-0.1, -0.05) is 24.6 Å². The Morgan fingerprint density at radius 1 is 0.927 bits per heavy atom. The first-order valence-corrected chi connectivity index (χ1v) is 14.3. The molecule has 0 radical (unpaired) electrons. The van der Waals surface area contributed by atoms with Gasteiger partial charge in [0, 0.05) is 29.6 Å². The van der Waals surface area contributed by atoms with Crippen molar-refractivity contribution in [2.75, 3.05) is 48.8 Å². The summed E-state index contributed by atoms with van der Waals surface area (Å²) in [5.41, 5.74) is 2.40. The molecule has 3 aromatic carbocycles. The van der Waals surface area contributed by atoms with Crippen LogP contribution in [0.4, 0.5) is 28.7 Å². The fraction of sp³-hybridized carbons (Fsp3) is 0.276. The van der Waals surface area contributed by atoms with E-state index in [2.05, 4.69) is 20.5 Å². The Hall–Kier alpha value is -4.26. The topological polar surface area (TPSA) is 132 Å². The van der Waals surface area contributed by atoms with E-state index in [9.17, 15) is 13.6 Å². The van der Waals surface area contributed by atoms with Gasteiger partial charge < -0.3 is 24.7 Å². The zero-order chi connectivity index (χ0) is 28.8. The zero-order valence-corrected chi connectivity index (χ0v) is 23.6. The van der Waals surface area contributed by atoms with Gasteiger partial charge in [0.25, 0.3) is 0 Å². The zero-order valence-electron chi connectivity index (χ0n) is 22.8. The highest BCUT2D eigenvalue weighted by atomic mass is 32.2. The van der Waals surface area contributed by atoms with Crippen LogP contribution in [-0.4, -0.2) is 63.4 Å². The molecule has 1 aromatic heterocycles. The van der Waals surface area contributed by atoms with Crippen LogP contribution in [-0.2, 0) is 16.1 Å². The van der Waals surface area contributed by atoms with E-state index in [0.29, 0.717) is 33.9 Å². The third-order valence-corrected chi connectivity index (χ3v) is 7.37. The Balaban J connectivity index is 1.50. The lowest BCUT2D eigenvalue weighted by Gasteiger charge is -2.28. The number of benzene rings is 3. The fourth-order valence-corrected chi connectivity index (χ4v) is 5.30. The predicted molar refractivity (Wildman–Crippen MR) is 159 cm³/mol. The standard InChI is InChI=1S/C29H32N6O5S/c1-39-23-16-21(17-24(18-23)40-2)31-28-29(33-26-12-5-4-11-25(26)32-28)35(41(37)38)22-10-8-9-20(15-22)30-27(36)19-34-13-6-3-7-14-34/h4-5,8-12,15-18H,3,6-7,13-14,19H2,1-2H3,(H,30,36)(H,31,32)(H,37,38)/p-1. The summed E-state index contributed by atoms with van der Waals surface area (Å²) in [6, 6.07) is 19.0. The van der Waals surface area contributed by atoms with Gasteiger partial charge in [-0.15, -0.1) is 0 Å². The van der Waals surface area contributed by atoms with E-state index in [-0.39, 0.29) is 29.8 Å². The van der Waals surface area contributed by atoms with Gasteiger partial charge in [0.2, 0.25) is 5.91 Å². The smallest absolute Gasteiger partial charge is 0.238 e. The molecule has 1 atom stereocenters. The van der Waals surface area contributed by atoms with Gasteiger partial charge in [-0.2, -0.15) is 0 Å². The molecule has 214 valence electrons. The molecule has 1 aliphatic rings. The van der Waals surface area contributed by atoms with Crippen LogP contribution in [0.25, 0.3) is 11.0 Å². The van der Waals surface area contributed by atoms with Crippen molar-refractivity contribution < 1.29 is 23.0 Å². The monoisotopic (exact) mass is 575 g/mol. The van der Waals surface area contributed by atoms with Gasteiger partial charge in [0.1, 0.15) is 11.5 Å². The number of anilines is 5. The van der Waals surface area contributed by atoms with Gasteiger partial charge >= 0.3 is 0 Å². The number of rotatable bonds is 10. The van der Waals surface area contributed by atoms with Crippen LogP contribution in [0, 0.1) is 0 Å². The van der Waals surface area contributed by atoms with Crippen molar-refractivity contribution in [3.8, 4) is 11.5 Å². The van der Waals surface area contributed by atoms with Gasteiger partial charge in [0.15, 0.2) is 11.6 Å². The van der Waals surface area contributed by atoms with Gasteiger partial charge in [-0.3, -0.25) is 18.2 Å². The maximum absolute atomic E-state index is 12.7. The second-order valence-corrected chi connectivity index (χ2v) is 10.4. The molecule has 2 heterocycles. The van der Waals surface area contributed by atoms with Gasteiger partial charge in [-0.25, -0.2) is 9.97 Å². The maximum Gasteiger partial charge on any atom is 0.238 e. The van der Waals surface area contributed by atoms with Crippen LogP contribution >= 0.6 is 0 Å². The highest BCUT2D eigenvalue weighted by Crippen LogP contribution is 2.36. The number of methoxy groups -OCH3 is 2. The minimum absolute atomic E-state index is 0.0515. The van der Waals surface area contributed by atoms with Crippen LogP contribution in [0.2, 0.25) is 0 Å². The lowest BCUT2D eigenvalue weighted by atomic mass is 10.1. The van der Waals surface area contributed by atoms with Crippen molar-refractivity contribution in [1.29, 1.82) is 0 Å². The summed E-state index contributed by atoms with van der Waals surface area (Å²) in [5, 5.41) is 6.08. The molecule has 5 rings (SSSR count). The number of carbonyl (C=O) groups is 1. The molecule has 0 bridgehead atoms. The number of carbonyl (C=O) groups excluding carboxylic acids is 1. The average Bonchev–Trinajstić information content (AvgIpc) is 2.97. The molecule has 4 aromatic rings. The first-order chi connectivity index (χ1) is 19.9. The summed E-state index contributed by atoms with van der Waals surface area (Å²) >= 11 is -2.78. The molecule has 0 saturated carbocycles. The Bertz CT molecular complexity index is 1540. The van der Waals surface area contributed by atoms with E-state index in [1.807, 2.05) is 6.07 Å². The quantitative estimate of drug-likeness (QED) is 0.257. The third kappa shape index (κ3) is 6.91. The number of para-hydroxylation sites is 2. The largest absolute Gasteiger partial charge is 0.755 e. The van der Waals surface area contributed by atoms with Crippen LogP contribution in [0.15, 0.2) is 66.7 Å². The highest BCUT2D eigenvalue weighted by Gasteiger charge is 2.21. The lowest BCUT2D eigenvalue weighted by Crippen LogP contribution is -2.36. The first kappa shape index (κ1) is 28.3. The molecule has 12 heteroatoms. The number of hydrogen-bond donors (Lipinski definition) is 2. The number of nitrogens with one attached hydrogen (secondary N) is 2. The number of piperidine rings is 1. The van der Waals surface area contributed by atoms with Crippen LogP contribution in [0.1, 0.15) is 19.3 Å². The molecule has 41 heavy (non-hydrogen) atoms. The lowest BCUT2D eigenvalue weighted by molar-refractivity contribution is -0.117. The number of amides is 1. The van der Waals surface area contributed by atoms with Gasteiger partial charge in [-0.05, 0) is 56.3 Å². The summed E-state index contributed by atoms with van der Waals surface area (Å²) < 4.78 is 37.3. The fourth-order valence-electron chi connectivity index (χ4n) is 4.74. The van der Waals surface area contributed by atoms with E-state index in [1.54, 1.807) is 74.9 Å². The molecule has 1 fully saturated rings. The Morgan fingerprint density at radius 2 is 1.61 bits per heavy atom. The van der Waals surface area contributed by atoms with Crippen LogP contribution in [0.5, 0.6) is 11.5 Å². The molecular weight excluding hydrogens is 544 g/mol. The van der Waals surface area contributed by atoms with Crippen molar-refractivity contribution in [2.45, 2.75) is 19.3 Å². The van der Waals surface area contributed by atoms with E-state index in [4.69, 9.17) is 14.5 Å². The van der Waals surface area contributed by atoms with E-state index in [1.165, 1.54) is 6.42 Å². The number of ether oxygens (including phenoxy) is 2. The summed E-state index contributed by atoms with van der Waals surface area (Å²) in [6.07, 6.45) is 3.35. The number of hydrogen-bond acceptors (Lipinski definition) is 9. The highest BCUT2D eigenvalue weighted by molar-refractivity contribution is 7.81. The first-order valence-electron chi connectivity index (χ1n) is 13.2. The van der Waals surface area contributed by atoms with E-state index >= 15 is 0 Å². The number of aromatic nitrogens is 2. The minimum atomic E-state index is -2.78. The molecule has 1 unspecified atom stereocenters. The van der Waals surface area contributed by atoms with Crippen molar-refractivity contribution >= 4 is 56.9 Å². The van der Waals surface area contributed by atoms with Crippen LogP contribution in [0.3, 0.4) is 0 Å². The minimum Gasteiger partial charge on any atom is -0.755 e. The molecular formula is C29H31N6O5S-. The molecule has 0 spiro atoms. The van der Waals surface area contributed by atoms with Crippen LogP contribution < -0.4 is 24.4 Å². The Morgan fingerprint density at radius 3 is 2.27 bits per heavy atom. The number of likely N-dealkylation sites (tertiary alicyclic amines) is 1.